The molecule has 1 aromatic rings. The summed E-state index contributed by atoms with van der Waals surface area (Å²) in [5, 5.41) is 9.56. The van der Waals surface area contributed by atoms with E-state index >= 15 is 0 Å². The molecule has 0 aromatic heterocycles. The summed E-state index contributed by atoms with van der Waals surface area (Å²) in [5.41, 5.74) is 0.834. The maximum Gasteiger partial charge on any atom is 0.138 e. The van der Waals surface area contributed by atoms with Crippen molar-refractivity contribution in [1.82, 2.24) is 0 Å². The molecular formula is C11H13ClO2. The lowest BCUT2D eigenvalue weighted by atomic mass is 10.2. The van der Waals surface area contributed by atoms with Gasteiger partial charge in [-0.25, -0.2) is 0 Å². The third kappa shape index (κ3) is 2.40. The first-order chi connectivity index (χ1) is 6.79. The topological polar surface area (TPSA) is 29.5 Å². The van der Waals surface area contributed by atoms with Crippen molar-refractivity contribution in [2.45, 2.75) is 19.4 Å². The molecule has 0 heterocycles. The summed E-state index contributed by atoms with van der Waals surface area (Å²) >= 11 is 5.95. The number of hydrogen-bond donors (Lipinski definition) is 1. The van der Waals surface area contributed by atoms with Crippen molar-refractivity contribution < 1.29 is 9.84 Å². The van der Waals surface area contributed by atoms with Crippen molar-refractivity contribution in [3.63, 3.8) is 0 Å². The maximum atomic E-state index is 8.94. The Bertz CT molecular complexity index is 321. The van der Waals surface area contributed by atoms with Crippen LogP contribution in [0.5, 0.6) is 5.75 Å². The van der Waals surface area contributed by atoms with Crippen molar-refractivity contribution in [2.75, 3.05) is 6.61 Å². The van der Waals surface area contributed by atoms with E-state index in [1.807, 2.05) is 0 Å². The molecule has 1 aromatic carbocycles. The molecule has 2 rings (SSSR count). The van der Waals surface area contributed by atoms with Crippen LogP contribution in [-0.2, 0) is 6.61 Å². The summed E-state index contributed by atoms with van der Waals surface area (Å²) in [7, 11) is 0. The Hall–Kier alpha value is -0.730. The summed E-state index contributed by atoms with van der Waals surface area (Å²) < 4.78 is 5.56. The molecule has 0 aliphatic heterocycles. The van der Waals surface area contributed by atoms with Gasteiger partial charge in [0.2, 0.25) is 0 Å². The number of aliphatic hydroxyl groups is 1. The number of halogens is 1. The smallest absolute Gasteiger partial charge is 0.138 e. The monoisotopic (exact) mass is 212 g/mol. The molecule has 1 saturated carbocycles. The van der Waals surface area contributed by atoms with Gasteiger partial charge in [0.05, 0.1) is 18.2 Å². The number of benzene rings is 1. The largest absolute Gasteiger partial charge is 0.492 e. The number of hydrogen-bond acceptors (Lipinski definition) is 2. The van der Waals surface area contributed by atoms with Crippen molar-refractivity contribution >= 4 is 11.6 Å². The van der Waals surface area contributed by atoms with Crippen LogP contribution in [0, 0.1) is 5.92 Å². The molecule has 1 fully saturated rings. The molecular weight excluding hydrogens is 200 g/mol. The summed E-state index contributed by atoms with van der Waals surface area (Å²) in [6.07, 6.45) is 2.52. The summed E-state index contributed by atoms with van der Waals surface area (Å²) in [6.45, 7) is 0.769. The zero-order valence-electron chi connectivity index (χ0n) is 7.87. The standard InChI is InChI=1S/C11H13ClO2/c12-10-4-3-9(6-13)5-11(10)14-7-8-1-2-8/h3-5,8,13H,1-2,6-7H2. The minimum atomic E-state index is 0.0248. The number of rotatable bonds is 4. The predicted octanol–water partition coefficient (Wildman–Crippen LogP) is 2.62. The predicted molar refractivity (Wildman–Crippen MR) is 55.6 cm³/mol. The van der Waals surface area contributed by atoms with E-state index in [9.17, 15) is 0 Å². The van der Waals surface area contributed by atoms with Gasteiger partial charge in [0.25, 0.3) is 0 Å². The van der Waals surface area contributed by atoms with Crippen LogP contribution in [-0.4, -0.2) is 11.7 Å². The van der Waals surface area contributed by atoms with Crippen LogP contribution >= 0.6 is 11.6 Å². The zero-order chi connectivity index (χ0) is 9.97. The lowest BCUT2D eigenvalue weighted by Crippen LogP contribution is -2.00. The van der Waals surface area contributed by atoms with Crippen molar-refractivity contribution in [3.8, 4) is 5.75 Å². The van der Waals surface area contributed by atoms with E-state index in [1.54, 1.807) is 18.2 Å². The van der Waals surface area contributed by atoms with Gasteiger partial charge in [-0.15, -0.1) is 0 Å². The highest BCUT2D eigenvalue weighted by Crippen LogP contribution is 2.32. The Labute approximate surface area is 88.5 Å². The first kappa shape index (κ1) is 9.81. The van der Waals surface area contributed by atoms with E-state index in [2.05, 4.69) is 0 Å². The van der Waals surface area contributed by atoms with Gasteiger partial charge in [0.1, 0.15) is 5.75 Å². The van der Waals surface area contributed by atoms with Crippen LogP contribution < -0.4 is 4.74 Å². The Kier molecular flexibility index (Phi) is 2.94. The highest BCUT2D eigenvalue weighted by Gasteiger charge is 2.22. The molecule has 0 amide bonds. The molecule has 0 bridgehead atoms. The summed E-state index contributed by atoms with van der Waals surface area (Å²) in [5.74, 6) is 1.40. The highest BCUT2D eigenvalue weighted by atomic mass is 35.5. The van der Waals surface area contributed by atoms with E-state index in [-0.39, 0.29) is 6.61 Å². The van der Waals surface area contributed by atoms with Crippen molar-refractivity contribution in [2.24, 2.45) is 5.92 Å². The van der Waals surface area contributed by atoms with Crippen molar-refractivity contribution in [3.05, 3.63) is 28.8 Å². The first-order valence-electron chi connectivity index (χ1n) is 4.81. The van der Waals surface area contributed by atoms with Crippen LogP contribution in [0.4, 0.5) is 0 Å². The van der Waals surface area contributed by atoms with Crippen LogP contribution in [0.2, 0.25) is 5.02 Å². The fraction of sp³-hybridized carbons (Fsp3) is 0.455. The molecule has 2 nitrogen and oxygen atoms in total. The molecule has 3 heteroatoms. The Balaban J connectivity index is 2.04. The molecule has 0 unspecified atom stereocenters. The van der Waals surface area contributed by atoms with Crippen LogP contribution in [0.25, 0.3) is 0 Å². The van der Waals surface area contributed by atoms with Gasteiger partial charge < -0.3 is 9.84 Å². The average Bonchev–Trinajstić information content (AvgIpc) is 3.00. The fourth-order valence-electron chi connectivity index (χ4n) is 1.25. The minimum absolute atomic E-state index is 0.0248. The molecule has 0 saturated heterocycles. The molecule has 0 spiro atoms. The van der Waals surface area contributed by atoms with Crippen LogP contribution in [0.1, 0.15) is 18.4 Å². The lowest BCUT2D eigenvalue weighted by molar-refractivity contribution is 0.277. The van der Waals surface area contributed by atoms with Gasteiger partial charge >= 0.3 is 0 Å². The van der Waals surface area contributed by atoms with Crippen LogP contribution in [0.15, 0.2) is 18.2 Å². The molecule has 76 valence electrons. The number of aliphatic hydroxyl groups excluding tert-OH is 1. The second-order valence-corrected chi connectivity index (χ2v) is 4.08. The zero-order valence-corrected chi connectivity index (χ0v) is 8.63. The maximum absolute atomic E-state index is 8.94. The second-order valence-electron chi connectivity index (χ2n) is 3.68. The molecule has 0 atom stereocenters. The normalized spacial score (nSPS) is 15.6. The Morgan fingerprint density at radius 3 is 2.86 bits per heavy atom. The lowest BCUT2D eigenvalue weighted by Gasteiger charge is -2.08. The third-order valence-electron chi connectivity index (χ3n) is 2.35. The molecule has 1 aliphatic rings. The molecule has 1 N–H and O–H groups in total. The Morgan fingerprint density at radius 1 is 1.43 bits per heavy atom. The van der Waals surface area contributed by atoms with Crippen molar-refractivity contribution in [1.29, 1.82) is 0 Å². The molecule has 0 radical (unpaired) electrons. The Morgan fingerprint density at radius 2 is 2.21 bits per heavy atom. The van der Waals surface area contributed by atoms with E-state index in [0.29, 0.717) is 16.7 Å². The van der Waals surface area contributed by atoms with Gasteiger partial charge in [0.15, 0.2) is 0 Å². The second kappa shape index (κ2) is 4.20. The quantitative estimate of drug-likeness (QED) is 0.832. The SMILES string of the molecule is OCc1ccc(Cl)c(OCC2CC2)c1. The number of ether oxygens (including phenoxy) is 1. The average molecular weight is 213 g/mol. The summed E-state index contributed by atoms with van der Waals surface area (Å²) in [6, 6.07) is 5.35. The minimum Gasteiger partial charge on any atom is -0.492 e. The molecule has 1 aliphatic carbocycles. The van der Waals surface area contributed by atoms with E-state index in [4.69, 9.17) is 21.4 Å². The van der Waals surface area contributed by atoms with E-state index in [1.165, 1.54) is 12.8 Å². The summed E-state index contributed by atoms with van der Waals surface area (Å²) in [4.78, 5) is 0. The fourth-order valence-corrected chi connectivity index (χ4v) is 1.42. The van der Waals surface area contributed by atoms with Gasteiger partial charge in [-0.05, 0) is 36.5 Å². The van der Waals surface area contributed by atoms with E-state index in [0.717, 1.165) is 12.2 Å². The van der Waals surface area contributed by atoms with Gasteiger partial charge in [-0.1, -0.05) is 17.7 Å². The molecule has 14 heavy (non-hydrogen) atoms. The van der Waals surface area contributed by atoms with Gasteiger partial charge in [-0.2, -0.15) is 0 Å². The van der Waals surface area contributed by atoms with E-state index < -0.39 is 0 Å². The van der Waals surface area contributed by atoms with Gasteiger partial charge in [0, 0.05) is 0 Å². The third-order valence-corrected chi connectivity index (χ3v) is 2.66. The first-order valence-corrected chi connectivity index (χ1v) is 5.19. The van der Waals surface area contributed by atoms with Gasteiger partial charge in [-0.3, -0.25) is 0 Å². The highest BCUT2D eigenvalue weighted by molar-refractivity contribution is 6.32. The van der Waals surface area contributed by atoms with Crippen LogP contribution in [0.3, 0.4) is 0 Å².